The molecule has 0 spiro atoms. The van der Waals surface area contributed by atoms with Crippen molar-refractivity contribution in [3.05, 3.63) is 48.3 Å². The van der Waals surface area contributed by atoms with E-state index in [0.29, 0.717) is 5.71 Å². The number of hydrogen-bond donors (Lipinski definition) is 1. The van der Waals surface area contributed by atoms with Gasteiger partial charge in [-0.3, -0.25) is 0 Å². The molecule has 6 heteroatoms. The van der Waals surface area contributed by atoms with Crippen molar-refractivity contribution >= 4 is 27.7 Å². The SMILES string of the molecule is CCCc1nc(N2CCNCC2)c2c(-c3ccc4ccccc4c3)noc2n1. The summed E-state index contributed by atoms with van der Waals surface area (Å²) in [6.45, 7) is 5.87. The molecule has 1 N–H and O–H groups in total. The van der Waals surface area contributed by atoms with E-state index in [1.165, 1.54) is 10.8 Å². The van der Waals surface area contributed by atoms with Crippen LogP contribution >= 0.6 is 0 Å². The molecule has 0 unspecified atom stereocenters. The first-order valence-corrected chi connectivity index (χ1v) is 9.94. The molecule has 6 nitrogen and oxygen atoms in total. The second-order valence-corrected chi connectivity index (χ2v) is 7.22. The highest BCUT2D eigenvalue weighted by molar-refractivity contribution is 6.00. The van der Waals surface area contributed by atoms with Gasteiger partial charge in [0.25, 0.3) is 5.71 Å². The normalized spacial score (nSPS) is 14.8. The maximum absolute atomic E-state index is 5.69. The van der Waals surface area contributed by atoms with Crippen molar-refractivity contribution in [1.29, 1.82) is 0 Å². The Morgan fingerprint density at radius 1 is 1.04 bits per heavy atom. The summed E-state index contributed by atoms with van der Waals surface area (Å²) >= 11 is 0. The lowest BCUT2D eigenvalue weighted by atomic mass is 10.0. The number of benzene rings is 2. The van der Waals surface area contributed by atoms with E-state index >= 15 is 0 Å². The Kier molecular flexibility index (Phi) is 4.41. The lowest BCUT2D eigenvalue weighted by Gasteiger charge is -2.29. The van der Waals surface area contributed by atoms with Crippen molar-refractivity contribution in [1.82, 2.24) is 20.4 Å². The van der Waals surface area contributed by atoms with Gasteiger partial charge in [0.15, 0.2) is 0 Å². The molecular formula is C22H23N5O. The Hall–Kier alpha value is -2.99. The minimum absolute atomic E-state index is 0.579. The highest BCUT2D eigenvalue weighted by atomic mass is 16.5. The zero-order valence-corrected chi connectivity index (χ0v) is 16.0. The van der Waals surface area contributed by atoms with Gasteiger partial charge >= 0.3 is 0 Å². The Morgan fingerprint density at radius 3 is 2.68 bits per heavy atom. The number of anilines is 1. The summed E-state index contributed by atoms with van der Waals surface area (Å²) in [7, 11) is 0. The molecule has 1 saturated heterocycles. The molecule has 0 aliphatic carbocycles. The van der Waals surface area contributed by atoms with Crippen LogP contribution < -0.4 is 10.2 Å². The van der Waals surface area contributed by atoms with Crippen molar-refractivity contribution in [2.75, 3.05) is 31.1 Å². The molecular weight excluding hydrogens is 350 g/mol. The predicted molar refractivity (Wildman–Crippen MR) is 112 cm³/mol. The maximum Gasteiger partial charge on any atom is 0.263 e. The number of hydrogen-bond acceptors (Lipinski definition) is 6. The van der Waals surface area contributed by atoms with Crippen molar-refractivity contribution in [3.63, 3.8) is 0 Å². The van der Waals surface area contributed by atoms with Gasteiger partial charge in [0, 0.05) is 38.2 Å². The third-order valence-electron chi connectivity index (χ3n) is 5.28. The topological polar surface area (TPSA) is 67.1 Å². The van der Waals surface area contributed by atoms with E-state index in [4.69, 9.17) is 9.51 Å². The fourth-order valence-corrected chi connectivity index (χ4v) is 3.85. The summed E-state index contributed by atoms with van der Waals surface area (Å²) in [5.41, 5.74) is 2.42. The van der Waals surface area contributed by atoms with E-state index in [0.717, 1.165) is 67.3 Å². The van der Waals surface area contributed by atoms with Crippen LogP contribution in [0.25, 0.3) is 33.1 Å². The number of fused-ring (bicyclic) bond motifs is 2. The maximum atomic E-state index is 5.69. The molecule has 0 radical (unpaired) electrons. The summed E-state index contributed by atoms with van der Waals surface area (Å²) in [4.78, 5) is 11.9. The van der Waals surface area contributed by atoms with Gasteiger partial charge < -0.3 is 14.7 Å². The molecule has 2 aromatic heterocycles. The van der Waals surface area contributed by atoms with Gasteiger partial charge in [-0.2, -0.15) is 4.98 Å². The van der Waals surface area contributed by atoms with Crippen molar-refractivity contribution in [2.24, 2.45) is 0 Å². The van der Waals surface area contributed by atoms with Gasteiger partial charge in [0.2, 0.25) is 0 Å². The number of nitrogens with one attached hydrogen (secondary N) is 1. The number of aromatic nitrogens is 3. The Balaban J connectivity index is 1.70. The second kappa shape index (κ2) is 7.20. The highest BCUT2D eigenvalue weighted by Gasteiger charge is 2.23. The molecule has 5 rings (SSSR count). The van der Waals surface area contributed by atoms with Crippen molar-refractivity contribution in [2.45, 2.75) is 19.8 Å². The van der Waals surface area contributed by atoms with E-state index in [2.05, 4.69) is 69.7 Å². The van der Waals surface area contributed by atoms with Gasteiger partial charge in [-0.1, -0.05) is 48.5 Å². The minimum atomic E-state index is 0.579. The molecule has 28 heavy (non-hydrogen) atoms. The smallest absolute Gasteiger partial charge is 0.263 e. The predicted octanol–water partition coefficient (Wildman–Crippen LogP) is 3.80. The first-order valence-electron chi connectivity index (χ1n) is 9.94. The molecule has 0 amide bonds. The molecule has 0 bridgehead atoms. The highest BCUT2D eigenvalue weighted by Crippen LogP contribution is 2.35. The van der Waals surface area contributed by atoms with Crippen LogP contribution in [0.1, 0.15) is 19.2 Å². The van der Waals surface area contributed by atoms with Crippen LogP contribution in [0.4, 0.5) is 5.82 Å². The van der Waals surface area contributed by atoms with Crippen LogP contribution in [0.5, 0.6) is 0 Å². The quantitative estimate of drug-likeness (QED) is 0.587. The molecule has 0 saturated carbocycles. The fraction of sp³-hybridized carbons (Fsp3) is 0.318. The molecule has 1 fully saturated rings. The molecule has 142 valence electrons. The van der Waals surface area contributed by atoms with Crippen LogP contribution in [0.2, 0.25) is 0 Å². The lowest BCUT2D eigenvalue weighted by molar-refractivity contribution is 0.450. The lowest BCUT2D eigenvalue weighted by Crippen LogP contribution is -2.44. The fourth-order valence-electron chi connectivity index (χ4n) is 3.85. The van der Waals surface area contributed by atoms with E-state index in [1.807, 2.05) is 0 Å². The Morgan fingerprint density at radius 2 is 1.86 bits per heavy atom. The molecule has 0 atom stereocenters. The van der Waals surface area contributed by atoms with E-state index in [1.54, 1.807) is 0 Å². The summed E-state index contributed by atoms with van der Waals surface area (Å²) in [6.07, 6.45) is 1.83. The average Bonchev–Trinajstić information content (AvgIpc) is 3.18. The van der Waals surface area contributed by atoms with Crippen molar-refractivity contribution in [3.8, 4) is 11.3 Å². The average molecular weight is 373 g/mol. The van der Waals surface area contributed by atoms with Gasteiger partial charge in [-0.25, -0.2) is 4.98 Å². The Bertz CT molecular complexity index is 1130. The minimum Gasteiger partial charge on any atom is -0.353 e. The number of rotatable bonds is 4. The summed E-state index contributed by atoms with van der Waals surface area (Å²) < 4.78 is 5.69. The van der Waals surface area contributed by atoms with E-state index in [9.17, 15) is 0 Å². The van der Waals surface area contributed by atoms with Gasteiger partial charge in [0.1, 0.15) is 22.7 Å². The number of aryl methyl sites for hydroxylation is 1. The van der Waals surface area contributed by atoms with E-state index in [-0.39, 0.29) is 0 Å². The molecule has 3 heterocycles. The molecule has 1 aliphatic heterocycles. The monoisotopic (exact) mass is 373 g/mol. The number of nitrogens with zero attached hydrogens (tertiary/aromatic N) is 4. The van der Waals surface area contributed by atoms with Crippen molar-refractivity contribution < 1.29 is 4.52 Å². The summed E-state index contributed by atoms with van der Waals surface area (Å²) in [5.74, 6) is 1.77. The summed E-state index contributed by atoms with van der Waals surface area (Å²) in [6, 6.07) is 14.7. The van der Waals surface area contributed by atoms with Crippen LogP contribution in [0, 0.1) is 0 Å². The Labute approximate surface area is 163 Å². The van der Waals surface area contributed by atoms with Crippen LogP contribution in [0.3, 0.4) is 0 Å². The van der Waals surface area contributed by atoms with Gasteiger partial charge in [-0.05, 0) is 23.3 Å². The number of piperazine rings is 1. The van der Waals surface area contributed by atoms with Gasteiger partial charge in [0.05, 0.1) is 0 Å². The van der Waals surface area contributed by atoms with Gasteiger partial charge in [-0.15, -0.1) is 0 Å². The standard InChI is InChI=1S/C22H23N5O/c1-2-5-18-24-21(27-12-10-23-11-13-27)19-20(26-28-22(19)25-18)17-9-8-15-6-3-4-7-16(15)14-17/h3-4,6-9,14,23H,2,5,10-13H2,1H3. The third-order valence-corrected chi connectivity index (χ3v) is 5.28. The van der Waals surface area contributed by atoms with Crippen LogP contribution in [-0.2, 0) is 6.42 Å². The zero-order chi connectivity index (χ0) is 18.9. The first kappa shape index (κ1) is 17.1. The third kappa shape index (κ3) is 2.99. The summed E-state index contributed by atoms with van der Waals surface area (Å²) in [5, 5.41) is 11.1. The van der Waals surface area contributed by atoms with Crippen LogP contribution in [-0.4, -0.2) is 41.3 Å². The largest absolute Gasteiger partial charge is 0.353 e. The molecule has 4 aromatic rings. The van der Waals surface area contributed by atoms with Crippen LogP contribution in [0.15, 0.2) is 47.0 Å². The zero-order valence-electron chi connectivity index (χ0n) is 16.0. The molecule has 1 aliphatic rings. The first-order chi connectivity index (χ1) is 13.8. The second-order valence-electron chi connectivity index (χ2n) is 7.22. The molecule has 2 aromatic carbocycles. The van der Waals surface area contributed by atoms with E-state index < -0.39 is 0 Å².